The maximum absolute atomic E-state index is 12.0. The van der Waals surface area contributed by atoms with Gasteiger partial charge in [0.1, 0.15) is 0 Å². The van der Waals surface area contributed by atoms with E-state index in [4.69, 9.17) is 5.73 Å². The van der Waals surface area contributed by atoms with Crippen molar-refractivity contribution in [3.8, 4) is 0 Å². The van der Waals surface area contributed by atoms with Crippen LogP contribution in [0.25, 0.3) is 0 Å². The first-order valence-corrected chi connectivity index (χ1v) is 9.91. The molecule has 0 fully saturated rings. The summed E-state index contributed by atoms with van der Waals surface area (Å²) in [7, 11) is -3.32. The molecular weight excluding hydrogens is 419 g/mol. The molecule has 21 heavy (non-hydrogen) atoms. The van der Waals surface area contributed by atoms with Crippen molar-refractivity contribution in [2.24, 2.45) is 0 Å². The quantitative estimate of drug-likeness (QED) is 0.415. The molecular formula is C14H15IN2O2S2. The van der Waals surface area contributed by atoms with Crippen molar-refractivity contribution < 1.29 is 8.42 Å². The number of sulfonamides is 1. The highest BCUT2D eigenvalue weighted by Gasteiger charge is 2.10. The normalized spacial score (nSPS) is 11.3. The van der Waals surface area contributed by atoms with E-state index in [0.717, 1.165) is 8.47 Å². The first kappa shape index (κ1) is 16.4. The highest BCUT2D eigenvalue weighted by Crippen LogP contribution is 2.20. The van der Waals surface area contributed by atoms with Gasteiger partial charge >= 0.3 is 0 Å². The number of benzene rings is 2. The van der Waals surface area contributed by atoms with Crippen LogP contribution in [0.15, 0.2) is 53.4 Å². The van der Waals surface area contributed by atoms with Crippen LogP contribution in [0.5, 0.6) is 0 Å². The molecule has 0 atom stereocenters. The SMILES string of the molecule is Nc1ccc(SCCS(=O)(=O)Nc2ccc(I)cc2)cc1. The number of thioether (sulfide) groups is 1. The van der Waals surface area contributed by atoms with Gasteiger partial charge in [0.15, 0.2) is 0 Å². The van der Waals surface area contributed by atoms with E-state index in [1.165, 1.54) is 11.8 Å². The van der Waals surface area contributed by atoms with Gasteiger partial charge in [-0.2, -0.15) is 0 Å². The first-order chi connectivity index (χ1) is 9.94. The topological polar surface area (TPSA) is 72.2 Å². The third-order valence-electron chi connectivity index (χ3n) is 2.62. The Morgan fingerprint density at radius 2 is 1.67 bits per heavy atom. The fourth-order valence-corrected chi connectivity index (χ4v) is 4.31. The lowest BCUT2D eigenvalue weighted by atomic mass is 10.3. The van der Waals surface area contributed by atoms with Crippen LogP contribution in [0.2, 0.25) is 0 Å². The summed E-state index contributed by atoms with van der Waals surface area (Å²) in [5.74, 6) is 0.553. The van der Waals surface area contributed by atoms with Crippen LogP contribution in [0.1, 0.15) is 0 Å². The van der Waals surface area contributed by atoms with E-state index < -0.39 is 10.0 Å². The lowest BCUT2D eigenvalue weighted by Crippen LogP contribution is -2.18. The zero-order valence-electron chi connectivity index (χ0n) is 11.1. The average Bonchev–Trinajstić information content (AvgIpc) is 2.43. The second kappa shape index (κ2) is 7.37. The van der Waals surface area contributed by atoms with Crippen molar-refractivity contribution in [2.45, 2.75) is 4.90 Å². The van der Waals surface area contributed by atoms with E-state index in [9.17, 15) is 8.42 Å². The fourth-order valence-electron chi connectivity index (χ4n) is 1.58. The van der Waals surface area contributed by atoms with E-state index in [1.807, 2.05) is 24.3 Å². The molecule has 2 aromatic carbocycles. The zero-order chi connectivity index (χ0) is 15.3. The predicted molar refractivity (Wildman–Crippen MR) is 98.1 cm³/mol. The second-order valence-electron chi connectivity index (χ2n) is 4.35. The fraction of sp³-hybridized carbons (Fsp3) is 0.143. The molecule has 3 N–H and O–H groups in total. The highest BCUT2D eigenvalue weighted by molar-refractivity contribution is 14.1. The monoisotopic (exact) mass is 434 g/mol. The van der Waals surface area contributed by atoms with Gasteiger partial charge in [-0.3, -0.25) is 4.72 Å². The molecule has 0 aromatic heterocycles. The molecule has 0 unspecified atom stereocenters. The molecule has 7 heteroatoms. The first-order valence-electron chi connectivity index (χ1n) is 6.19. The summed E-state index contributed by atoms with van der Waals surface area (Å²) in [5, 5.41) is 0. The van der Waals surface area contributed by atoms with Crippen LogP contribution in [0, 0.1) is 3.57 Å². The summed E-state index contributed by atoms with van der Waals surface area (Å²) >= 11 is 3.67. The minimum absolute atomic E-state index is 0.0635. The summed E-state index contributed by atoms with van der Waals surface area (Å²) in [4.78, 5) is 1.01. The molecule has 4 nitrogen and oxygen atoms in total. The van der Waals surface area contributed by atoms with Crippen molar-refractivity contribution in [3.05, 3.63) is 52.1 Å². The van der Waals surface area contributed by atoms with Crippen molar-refractivity contribution in [2.75, 3.05) is 22.0 Å². The second-order valence-corrected chi connectivity index (χ2v) is 8.60. The molecule has 112 valence electrons. The van der Waals surface area contributed by atoms with Crippen LogP contribution in [0.4, 0.5) is 11.4 Å². The Morgan fingerprint density at radius 1 is 1.05 bits per heavy atom. The van der Waals surface area contributed by atoms with Crippen LogP contribution in [-0.2, 0) is 10.0 Å². The number of anilines is 2. The van der Waals surface area contributed by atoms with Crippen molar-refractivity contribution in [1.29, 1.82) is 0 Å². The van der Waals surface area contributed by atoms with E-state index >= 15 is 0 Å². The van der Waals surface area contributed by atoms with Gasteiger partial charge in [0.2, 0.25) is 10.0 Å². The van der Waals surface area contributed by atoms with Gasteiger partial charge in [-0.15, -0.1) is 11.8 Å². The van der Waals surface area contributed by atoms with Gasteiger partial charge in [-0.25, -0.2) is 8.42 Å². The highest BCUT2D eigenvalue weighted by atomic mass is 127. The number of nitrogen functional groups attached to an aromatic ring is 1. The van der Waals surface area contributed by atoms with Crippen LogP contribution in [0.3, 0.4) is 0 Å². The Morgan fingerprint density at radius 3 is 2.29 bits per heavy atom. The molecule has 2 aromatic rings. The molecule has 0 aliphatic carbocycles. The van der Waals surface area contributed by atoms with Gasteiger partial charge < -0.3 is 5.73 Å². The summed E-state index contributed by atoms with van der Waals surface area (Å²) in [6.07, 6.45) is 0. The maximum Gasteiger partial charge on any atom is 0.233 e. The Bertz CT molecular complexity index is 686. The van der Waals surface area contributed by atoms with Crippen LogP contribution in [-0.4, -0.2) is 19.9 Å². The molecule has 0 spiro atoms. The average molecular weight is 434 g/mol. The maximum atomic E-state index is 12.0. The van der Waals surface area contributed by atoms with Crippen molar-refractivity contribution in [3.63, 3.8) is 0 Å². The largest absolute Gasteiger partial charge is 0.399 e. The van der Waals surface area contributed by atoms with Crippen LogP contribution < -0.4 is 10.5 Å². The van der Waals surface area contributed by atoms with Gasteiger partial charge in [-0.05, 0) is 71.1 Å². The summed E-state index contributed by atoms with van der Waals surface area (Å²) in [6.45, 7) is 0. The third-order valence-corrected chi connectivity index (χ3v) is 5.90. The van der Waals surface area contributed by atoms with E-state index in [2.05, 4.69) is 27.3 Å². The van der Waals surface area contributed by atoms with Gasteiger partial charge in [0.25, 0.3) is 0 Å². The van der Waals surface area contributed by atoms with Gasteiger partial charge in [-0.1, -0.05) is 0 Å². The number of nitrogens with one attached hydrogen (secondary N) is 1. The standard InChI is InChI=1S/C14H15IN2O2S2/c15-11-1-5-13(6-2-11)17-21(18,19)10-9-20-14-7-3-12(16)4-8-14/h1-8,17H,9-10,16H2. The Hall–Kier alpha value is -0.930. The van der Waals surface area contributed by atoms with E-state index in [1.54, 1.807) is 24.3 Å². The molecule has 0 saturated heterocycles. The molecule has 0 bridgehead atoms. The van der Waals surface area contributed by atoms with Gasteiger partial charge in [0.05, 0.1) is 5.75 Å². The smallest absolute Gasteiger partial charge is 0.233 e. The molecule has 0 aliphatic rings. The molecule has 2 rings (SSSR count). The zero-order valence-corrected chi connectivity index (χ0v) is 14.9. The number of hydrogen-bond acceptors (Lipinski definition) is 4. The molecule has 0 radical (unpaired) electrons. The number of hydrogen-bond donors (Lipinski definition) is 2. The van der Waals surface area contributed by atoms with Crippen molar-refractivity contribution >= 4 is 55.8 Å². The molecule has 0 aliphatic heterocycles. The number of rotatable bonds is 6. The summed E-state index contributed by atoms with van der Waals surface area (Å²) in [6, 6.07) is 14.6. The molecule has 0 saturated carbocycles. The van der Waals surface area contributed by atoms with E-state index in [0.29, 0.717) is 17.1 Å². The number of halogens is 1. The Labute approximate surface area is 142 Å². The van der Waals surface area contributed by atoms with Crippen LogP contribution >= 0.6 is 34.4 Å². The third kappa shape index (κ3) is 5.76. The van der Waals surface area contributed by atoms with Gasteiger partial charge in [0, 0.05) is 25.6 Å². The Balaban J connectivity index is 1.86. The lowest BCUT2D eigenvalue weighted by Gasteiger charge is -2.08. The van der Waals surface area contributed by atoms with E-state index in [-0.39, 0.29) is 5.75 Å². The minimum Gasteiger partial charge on any atom is -0.399 e. The minimum atomic E-state index is -3.32. The summed E-state index contributed by atoms with van der Waals surface area (Å²) in [5.41, 5.74) is 6.90. The predicted octanol–water partition coefficient (Wildman–Crippen LogP) is 3.41. The molecule has 0 amide bonds. The number of nitrogens with two attached hydrogens (primary N) is 1. The van der Waals surface area contributed by atoms with Crippen molar-refractivity contribution in [1.82, 2.24) is 0 Å². The lowest BCUT2D eigenvalue weighted by molar-refractivity contribution is 0.602. The summed E-state index contributed by atoms with van der Waals surface area (Å²) < 4.78 is 27.6. The Kier molecular flexibility index (Phi) is 5.77. The molecule has 0 heterocycles.